The van der Waals surface area contributed by atoms with Crippen molar-refractivity contribution < 1.29 is 9.84 Å². The first-order valence-electron chi connectivity index (χ1n) is 3.57. The summed E-state index contributed by atoms with van der Waals surface area (Å²) in [5, 5.41) is 8.42. The number of aliphatic hydroxyl groups is 1. The standard InChI is InChI=1S/C8H16O2/c1-8(4-3-6-9)5-7-10-2/h3-4,8-9H,5-7H2,1-2H3/b4-3+. The summed E-state index contributed by atoms with van der Waals surface area (Å²) in [5.74, 6) is 0.507. The average Bonchev–Trinajstić information content (AvgIpc) is 1.97. The third kappa shape index (κ3) is 5.79. The third-order valence-electron chi connectivity index (χ3n) is 1.35. The molecule has 0 heterocycles. The third-order valence-corrected chi connectivity index (χ3v) is 1.35. The minimum atomic E-state index is 0.136. The molecule has 0 aromatic heterocycles. The SMILES string of the molecule is COCCC(C)/C=C/CO. The maximum Gasteiger partial charge on any atom is 0.0612 e. The van der Waals surface area contributed by atoms with Crippen LogP contribution < -0.4 is 0 Å². The molecule has 2 heteroatoms. The Hall–Kier alpha value is -0.340. The highest BCUT2D eigenvalue weighted by Crippen LogP contribution is 2.02. The fraction of sp³-hybridized carbons (Fsp3) is 0.750. The monoisotopic (exact) mass is 144 g/mol. The summed E-state index contributed by atoms with van der Waals surface area (Å²) in [6.45, 7) is 3.03. The highest BCUT2D eigenvalue weighted by atomic mass is 16.5. The van der Waals surface area contributed by atoms with Crippen molar-refractivity contribution in [3.63, 3.8) is 0 Å². The van der Waals surface area contributed by atoms with Crippen LogP contribution in [0.25, 0.3) is 0 Å². The summed E-state index contributed by atoms with van der Waals surface area (Å²) in [6, 6.07) is 0. The lowest BCUT2D eigenvalue weighted by Crippen LogP contribution is -1.96. The fourth-order valence-corrected chi connectivity index (χ4v) is 0.693. The molecule has 0 aromatic carbocycles. The maximum atomic E-state index is 8.42. The number of rotatable bonds is 5. The lowest BCUT2D eigenvalue weighted by molar-refractivity contribution is 0.186. The summed E-state index contributed by atoms with van der Waals surface area (Å²) in [7, 11) is 1.70. The lowest BCUT2D eigenvalue weighted by Gasteiger charge is -2.03. The van der Waals surface area contributed by atoms with Gasteiger partial charge in [0.05, 0.1) is 6.61 Å². The minimum Gasteiger partial charge on any atom is -0.392 e. The van der Waals surface area contributed by atoms with Crippen molar-refractivity contribution in [3.8, 4) is 0 Å². The van der Waals surface area contributed by atoms with Crippen molar-refractivity contribution in [2.75, 3.05) is 20.3 Å². The van der Waals surface area contributed by atoms with E-state index in [9.17, 15) is 0 Å². The molecular formula is C8H16O2. The molecule has 10 heavy (non-hydrogen) atoms. The fourth-order valence-electron chi connectivity index (χ4n) is 0.693. The van der Waals surface area contributed by atoms with Crippen LogP contribution >= 0.6 is 0 Å². The Balaban J connectivity index is 3.24. The van der Waals surface area contributed by atoms with E-state index in [0.717, 1.165) is 13.0 Å². The number of hydrogen-bond donors (Lipinski definition) is 1. The number of hydrogen-bond acceptors (Lipinski definition) is 2. The first-order chi connectivity index (χ1) is 4.81. The van der Waals surface area contributed by atoms with Crippen molar-refractivity contribution in [1.82, 2.24) is 0 Å². The molecule has 0 saturated carbocycles. The van der Waals surface area contributed by atoms with Gasteiger partial charge in [-0.25, -0.2) is 0 Å². The average molecular weight is 144 g/mol. The lowest BCUT2D eigenvalue weighted by atomic mass is 10.1. The Morgan fingerprint density at radius 1 is 1.60 bits per heavy atom. The second kappa shape index (κ2) is 6.78. The Bertz CT molecular complexity index is 89.3. The maximum absolute atomic E-state index is 8.42. The van der Waals surface area contributed by atoms with Crippen LogP contribution in [0, 0.1) is 5.92 Å². The molecule has 1 unspecified atom stereocenters. The number of ether oxygens (including phenoxy) is 1. The second-order valence-corrected chi connectivity index (χ2v) is 2.37. The largest absolute Gasteiger partial charge is 0.392 e. The van der Waals surface area contributed by atoms with Crippen LogP contribution in [0.3, 0.4) is 0 Å². The molecular weight excluding hydrogens is 128 g/mol. The van der Waals surface area contributed by atoms with E-state index in [0.29, 0.717) is 5.92 Å². The predicted molar refractivity (Wildman–Crippen MR) is 41.9 cm³/mol. The Morgan fingerprint density at radius 3 is 2.80 bits per heavy atom. The van der Waals surface area contributed by atoms with Crippen molar-refractivity contribution in [3.05, 3.63) is 12.2 Å². The van der Waals surface area contributed by atoms with Crippen molar-refractivity contribution >= 4 is 0 Å². The Labute approximate surface area is 62.5 Å². The smallest absolute Gasteiger partial charge is 0.0612 e. The molecule has 0 radical (unpaired) electrons. The predicted octanol–water partition coefficient (Wildman–Crippen LogP) is 1.21. The van der Waals surface area contributed by atoms with Crippen LogP contribution in [-0.4, -0.2) is 25.4 Å². The van der Waals surface area contributed by atoms with E-state index < -0.39 is 0 Å². The normalized spacial score (nSPS) is 14.3. The molecule has 0 aromatic rings. The molecule has 1 atom stereocenters. The Morgan fingerprint density at radius 2 is 2.30 bits per heavy atom. The first kappa shape index (κ1) is 9.66. The molecule has 0 aliphatic rings. The van der Waals surface area contributed by atoms with Crippen LogP contribution in [0.1, 0.15) is 13.3 Å². The molecule has 60 valence electrons. The zero-order valence-corrected chi connectivity index (χ0v) is 6.71. The van der Waals surface area contributed by atoms with Crippen LogP contribution in [0.2, 0.25) is 0 Å². The van der Waals surface area contributed by atoms with E-state index >= 15 is 0 Å². The number of allylic oxidation sites excluding steroid dienone is 1. The van der Waals surface area contributed by atoms with E-state index in [4.69, 9.17) is 9.84 Å². The Kier molecular flexibility index (Phi) is 6.55. The van der Waals surface area contributed by atoms with Gasteiger partial charge in [-0.3, -0.25) is 0 Å². The van der Waals surface area contributed by atoms with Gasteiger partial charge in [0.15, 0.2) is 0 Å². The van der Waals surface area contributed by atoms with E-state index in [1.54, 1.807) is 13.2 Å². The molecule has 1 N–H and O–H groups in total. The molecule has 0 rings (SSSR count). The highest BCUT2D eigenvalue weighted by molar-refractivity contribution is 4.85. The van der Waals surface area contributed by atoms with Gasteiger partial charge in [-0.1, -0.05) is 19.1 Å². The minimum absolute atomic E-state index is 0.136. The van der Waals surface area contributed by atoms with Gasteiger partial charge in [0.2, 0.25) is 0 Å². The van der Waals surface area contributed by atoms with Crippen LogP contribution in [0.4, 0.5) is 0 Å². The summed E-state index contributed by atoms with van der Waals surface area (Å²) in [5.41, 5.74) is 0. The van der Waals surface area contributed by atoms with Gasteiger partial charge in [-0.05, 0) is 12.3 Å². The molecule has 0 bridgehead atoms. The van der Waals surface area contributed by atoms with Crippen molar-refractivity contribution in [2.24, 2.45) is 5.92 Å². The highest BCUT2D eigenvalue weighted by Gasteiger charge is 1.93. The summed E-state index contributed by atoms with van der Waals surface area (Å²) < 4.78 is 4.90. The molecule has 0 saturated heterocycles. The zero-order valence-electron chi connectivity index (χ0n) is 6.71. The molecule has 0 aliphatic heterocycles. The molecule has 2 nitrogen and oxygen atoms in total. The number of methoxy groups -OCH3 is 1. The van der Waals surface area contributed by atoms with Gasteiger partial charge in [0, 0.05) is 13.7 Å². The van der Waals surface area contributed by atoms with Gasteiger partial charge < -0.3 is 9.84 Å². The van der Waals surface area contributed by atoms with Gasteiger partial charge in [-0.2, -0.15) is 0 Å². The van der Waals surface area contributed by atoms with Gasteiger partial charge >= 0.3 is 0 Å². The van der Waals surface area contributed by atoms with Crippen LogP contribution in [0.5, 0.6) is 0 Å². The van der Waals surface area contributed by atoms with Gasteiger partial charge in [0.25, 0.3) is 0 Å². The quantitative estimate of drug-likeness (QED) is 0.588. The molecule has 0 spiro atoms. The number of aliphatic hydroxyl groups excluding tert-OH is 1. The molecule has 0 amide bonds. The van der Waals surface area contributed by atoms with Crippen molar-refractivity contribution in [1.29, 1.82) is 0 Å². The first-order valence-corrected chi connectivity index (χ1v) is 3.57. The van der Waals surface area contributed by atoms with Gasteiger partial charge in [0.1, 0.15) is 0 Å². The van der Waals surface area contributed by atoms with E-state index in [1.807, 2.05) is 6.08 Å². The van der Waals surface area contributed by atoms with E-state index in [2.05, 4.69) is 6.92 Å². The van der Waals surface area contributed by atoms with Gasteiger partial charge in [-0.15, -0.1) is 0 Å². The van der Waals surface area contributed by atoms with Crippen LogP contribution in [0.15, 0.2) is 12.2 Å². The van der Waals surface area contributed by atoms with Crippen molar-refractivity contribution in [2.45, 2.75) is 13.3 Å². The second-order valence-electron chi connectivity index (χ2n) is 2.37. The molecule has 0 fully saturated rings. The topological polar surface area (TPSA) is 29.5 Å². The van der Waals surface area contributed by atoms with E-state index in [-0.39, 0.29) is 6.61 Å². The van der Waals surface area contributed by atoms with E-state index in [1.165, 1.54) is 0 Å². The molecule has 0 aliphatic carbocycles. The summed E-state index contributed by atoms with van der Waals surface area (Å²) >= 11 is 0. The zero-order chi connectivity index (χ0) is 7.82. The van der Waals surface area contributed by atoms with Crippen LogP contribution in [-0.2, 0) is 4.74 Å². The summed E-state index contributed by atoms with van der Waals surface area (Å²) in [6.07, 6.45) is 4.78. The summed E-state index contributed by atoms with van der Waals surface area (Å²) in [4.78, 5) is 0.